The number of nitrogens with zero attached hydrogens (tertiary/aromatic N) is 2. The van der Waals surface area contributed by atoms with E-state index in [0.29, 0.717) is 16.9 Å². The predicted molar refractivity (Wildman–Crippen MR) is 108 cm³/mol. The molecule has 1 aromatic heterocycles. The predicted octanol–water partition coefficient (Wildman–Crippen LogP) is 5.31. The number of anilines is 1. The molecule has 2 unspecified atom stereocenters. The van der Waals surface area contributed by atoms with E-state index in [-0.39, 0.29) is 24.3 Å². The Morgan fingerprint density at radius 3 is 2.57 bits per heavy atom. The van der Waals surface area contributed by atoms with Gasteiger partial charge in [-0.2, -0.15) is 18.3 Å². The molecule has 0 spiro atoms. The van der Waals surface area contributed by atoms with Crippen LogP contribution in [0.15, 0.2) is 54.6 Å². The van der Waals surface area contributed by atoms with Crippen LogP contribution in [0.1, 0.15) is 40.4 Å². The molecule has 0 radical (unpaired) electrons. The van der Waals surface area contributed by atoms with Gasteiger partial charge in [-0.25, -0.2) is 0 Å². The van der Waals surface area contributed by atoms with Crippen LogP contribution < -0.4 is 5.32 Å². The van der Waals surface area contributed by atoms with E-state index < -0.39 is 11.7 Å². The first-order chi connectivity index (χ1) is 14.2. The van der Waals surface area contributed by atoms with E-state index in [2.05, 4.69) is 10.4 Å². The van der Waals surface area contributed by atoms with Crippen LogP contribution in [0, 0.1) is 19.8 Å². The number of hydrogen-bond donors (Lipinski definition) is 1. The van der Waals surface area contributed by atoms with E-state index in [1.165, 1.54) is 6.07 Å². The summed E-state index contributed by atoms with van der Waals surface area (Å²) in [6.45, 7) is 3.79. The lowest BCUT2D eigenvalue weighted by Gasteiger charge is -2.10. The van der Waals surface area contributed by atoms with Crippen molar-refractivity contribution < 1.29 is 18.0 Å². The average Bonchev–Trinajstić information content (AvgIpc) is 3.47. The fraction of sp³-hybridized carbons (Fsp3) is 0.304. The lowest BCUT2D eigenvalue weighted by Crippen LogP contribution is -2.16. The topological polar surface area (TPSA) is 46.9 Å². The second-order valence-corrected chi connectivity index (χ2v) is 7.75. The summed E-state index contributed by atoms with van der Waals surface area (Å²) in [6, 6.07) is 15.2. The number of aryl methyl sites for hydroxylation is 1. The molecular formula is C23H22F3N3O. The number of aromatic nitrogens is 2. The van der Waals surface area contributed by atoms with Crippen LogP contribution in [-0.4, -0.2) is 15.7 Å². The van der Waals surface area contributed by atoms with E-state index >= 15 is 0 Å². The molecular weight excluding hydrogens is 391 g/mol. The second-order valence-electron chi connectivity index (χ2n) is 7.75. The SMILES string of the molecule is Cc1nn(Cc2cccc(C(F)(F)F)c2)c(C)c1NC(=O)C1CC1c1ccccc1. The van der Waals surface area contributed by atoms with Gasteiger partial charge in [0.1, 0.15) is 0 Å². The molecule has 1 aliphatic rings. The maximum absolute atomic E-state index is 13.0. The van der Waals surface area contributed by atoms with Crippen LogP contribution in [0.4, 0.5) is 18.9 Å². The van der Waals surface area contributed by atoms with Gasteiger partial charge in [0.15, 0.2) is 0 Å². The minimum atomic E-state index is -4.39. The summed E-state index contributed by atoms with van der Waals surface area (Å²) < 4.78 is 40.5. The molecule has 2 aromatic carbocycles. The molecule has 1 fully saturated rings. The summed E-state index contributed by atoms with van der Waals surface area (Å²) in [7, 11) is 0. The standard InChI is InChI=1S/C23H22F3N3O/c1-14-21(27-22(30)20-12-19(20)17-8-4-3-5-9-17)15(2)29(28-14)13-16-7-6-10-18(11-16)23(24,25)26/h3-11,19-20H,12-13H2,1-2H3,(H,27,30). The molecule has 3 aromatic rings. The van der Waals surface area contributed by atoms with Crippen molar-refractivity contribution in [2.24, 2.45) is 5.92 Å². The maximum atomic E-state index is 13.0. The number of carbonyl (C=O) groups excluding carboxylic acids is 1. The third-order valence-corrected chi connectivity index (χ3v) is 5.57. The average molecular weight is 413 g/mol. The van der Waals surface area contributed by atoms with E-state index in [4.69, 9.17) is 0 Å². The molecule has 30 heavy (non-hydrogen) atoms. The molecule has 156 valence electrons. The van der Waals surface area contributed by atoms with Gasteiger partial charge in [0.25, 0.3) is 0 Å². The lowest BCUT2D eigenvalue weighted by molar-refractivity contribution is -0.137. The van der Waals surface area contributed by atoms with E-state index in [0.717, 1.165) is 29.8 Å². The van der Waals surface area contributed by atoms with Crippen LogP contribution in [-0.2, 0) is 17.5 Å². The van der Waals surface area contributed by atoms with Crippen molar-refractivity contribution >= 4 is 11.6 Å². The number of rotatable bonds is 5. The zero-order valence-electron chi connectivity index (χ0n) is 16.7. The monoisotopic (exact) mass is 413 g/mol. The first-order valence-corrected chi connectivity index (χ1v) is 9.80. The Morgan fingerprint density at radius 1 is 1.13 bits per heavy atom. The minimum absolute atomic E-state index is 0.0475. The summed E-state index contributed by atoms with van der Waals surface area (Å²) in [5.74, 6) is 0.110. The molecule has 0 bridgehead atoms. The highest BCUT2D eigenvalue weighted by atomic mass is 19.4. The van der Waals surface area contributed by atoms with Gasteiger partial charge >= 0.3 is 6.18 Å². The quantitative estimate of drug-likeness (QED) is 0.616. The van der Waals surface area contributed by atoms with Crippen molar-refractivity contribution in [1.82, 2.24) is 9.78 Å². The van der Waals surface area contributed by atoms with Crippen LogP contribution in [0.3, 0.4) is 0 Å². The summed E-state index contributed by atoms with van der Waals surface area (Å²) in [5.41, 5.74) is 2.97. The van der Waals surface area contributed by atoms with Crippen LogP contribution in [0.2, 0.25) is 0 Å². The Bertz CT molecular complexity index is 1070. The summed E-state index contributed by atoms with van der Waals surface area (Å²) in [5, 5.41) is 7.41. The Hall–Kier alpha value is -3.09. The van der Waals surface area contributed by atoms with Gasteiger partial charge in [-0.3, -0.25) is 9.48 Å². The third-order valence-electron chi connectivity index (χ3n) is 5.57. The number of alkyl halides is 3. The lowest BCUT2D eigenvalue weighted by atomic mass is 10.1. The van der Waals surface area contributed by atoms with Crippen molar-refractivity contribution in [1.29, 1.82) is 0 Å². The molecule has 1 aliphatic carbocycles. The number of halogens is 3. The van der Waals surface area contributed by atoms with Crippen molar-refractivity contribution in [2.45, 2.75) is 38.9 Å². The van der Waals surface area contributed by atoms with Crippen molar-refractivity contribution in [2.75, 3.05) is 5.32 Å². The van der Waals surface area contributed by atoms with Gasteiger partial charge in [-0.15, -0.1) is 0 Å². The molecule has 1 heterocycles. The van der Waals surface area contributed by atoms with Gasteiger partial charge in [-0.05, 0) is 49.4 Å². The number of benzene rings is 2. The molecule has 1 saturated carbocycles. The highest BCUT2D eigenvalue weighted by molar-refractivity contribution is 5.96. The third kappa shape index (κ3) is 4.10. The number of nitrogens with one attached hydrogen (secondary N) is 1. The molecule has 1 N–H and O–H groups in total. The maximum Gasteiger partial charge on any atom is 0.416 e. The van der Waals surface area contributed by atoms with Crippen LogP contribution >= 0.6 is 0 Å². The van der Waals surface area contributed by atoms with E-state index in [1.807, 2.05) is 37.3 Å². The highest BCUT2D eigenvalue weighted by Crippen LogP contribution is 2.48. The Morgan fingerprint density at radius 2 is 1.87 bits per heavy atom. The number of carbonyl (C=O) groups is 1. The Kier molecular flexibility index (Phi) is 5.13. The zero-order valence-corrected chi connectivity index (χ0v) is 16.7. The molecule has 4 nitrogen and oxygen atoms in total. The fourth-order valence-corrected chi connectivity index (χ4v) is 3.82. The molecule has 2 atom stereocenters. The minimum Gasteiger partial charge on any atom is -0.323 e. The summed E-state index contributed by atoms with van der Waals surface area (Å²) in [4.78, 5) is 12.7. The first-order valence-electron chi connectivity index (χ1n) is 9.80. The Balaban J connectivity index is 1.47. The molecule has 0 aliphatic heterocycles. The van der Waals surface area contributed by atoms with Crippen LogP contribution in [0.5, 0.6) is 0 Å². The van der Waals surface area contributed by atoms with Gasteiger partial charge < -0.3 is 5.32 Å². The zero-order chi connectivity index (χ0) is 21.5. The van der Waals surface area contributed by atoms with E-state index in [9.17, 15) is 18.0 Å². The normalized spacial score (nSPS) is 18.3. The fourth-order valence-electron chi connectivity index (χ4n) is 3.82. The van der Waals surface area contributed by atoms with Gasteiger partial charge in [0.05, 0.1) is 29.2 Å². The van der Waals surface area contributed by atoms with Gasteiger partial charge in [0, 0.05) is 5.92 Å². The summed E-state index contributed by atoms with van der Waals surface area (Å²) >= 11 is 0. The molecule has 7 heteroatoms. The van der Waals surface area contributed by atoms with Gasteiger partial charge in [-0.1, -0.05) is 42.5 Å². The van der Waals surface area contributed by atoms with Crippen molar-refractivity contribution in [3.05, 3.63) is 82.7 Å². The number of hydrogen-bond acceptors (Lipinski definition) is 2. The van der Waals surface area contributed by atoms with Crippen molar-refractivity contribution in [3.63, 3.8) is 0 Å². The summed E-state index contributed by atoms with van der Waals surface area (Å²) in [6.07, 6.45) is -3.57. The smallest absolute Gasteiger partial charge is 0.323 e. The first kappa shape index (κ1) is 20.2. The Labute approximate surface area is 172 Å². The van der Waals surface area contributed by atoms with Crippen molar-refractivity contribution in [3.8, 4) is 0 Å². The second kappa shape index (κ2) is 7.63. The molecule has 0 saturated heterocycles. The van der Waals surface area contributed by atoms with E-state index in [1.54, 1.807) is 17.7 Å². The van der Waals surface area contributed by atoms with Crippen LogP contribution in [0.25, 0.3) is 0 Å². The molecule has 4 rings (SSSR count). The largest absolute Gasteiger partial charge is 0.416 e. The molecule has 1 amide bonds. The highest BCUT2D eigenvalue weighted by Gasteiger charge is 2.44. The number of amides is 1. The van der Waals surface area contributed by atoms with Gasteiger partial charge in [0.2, 0.25) is 5.91 Å².